The molecule has 0 radical (unpaired) electrons. The number of fused-ring (bicyclic) bond motifs is 1. The Kier molecular flexibility index (Phi) is 4.33. The Labute approximate surface area is 120 Å². The Morgan fingerprint density at radius 2 is 2.10 bits per heavy atom. The lowest BCUT2D eigenvalue weighted by Crippen LogP contribution is -2.34. The molecule has 0 saturated carbocycles. The Balaban J connectivity index is 1.48. The van der Waals surface area contributed by atoms with Gasteiger partial charge >= 0.3 is 0 Å². The van der Waals surface area contributed by atoms with E-state index in [4.69, 9.17) is 4.74 Å². The van der Waals surface area contributed by atoms with Gasteiger partial charge in [0.2, 0.25) is 5.91 Å². The van der Waals surface area contributed by atoms with E-state index in [0.29, 0.717) is 19.1 Å². The maximum atomic E-state index is 12.3. The van der Waals surface area contributed by atoms with Gasteiger partial charge in [-0.25, -0.2) is 0 Å². The predicted molar refractivity (Wildman–Crippen MR) is 79.0 cm³/mol. The largest absolute Gasteiger partial charge is 0.378 e. The number of rotatable bonds is 4. The number of para-hydroxylation sites is 1. The lowest BCUT2D eigenvalue weighted by molar-refractivity contribution is -0.120. The van der Waals surface area contributed by atoms with Crippen LogP contribution >= 0.6 is 0 Å². The molecule has 0 bridgehead atoms. The first kappa shape index (κ1) is 13.6. The molecule has 0 unspecified atom stereocenters. The summed E-state index contributed by atoms with van der Waals surface area (Å²) in [4.78, 5) is 14.2. The molecule has 2 heterocycles. The first-order valence-corrected chi connectivity index (χ1v) is 7.55. The third kappa shape index (κ3) is 3.02. The van der Waals surface area contributed by atoms with Gasteiger partial charge in [0.25, 0.3) is 0 Å². The molecule has 20 heavy (non-hydrogen) atoms. The highest BCUT2D eigenvalue weighted by Gasteiger charge is 2.24. The van der Waals surface area contributed by atoms with Crippen molar-refractivity contribution in [3.8, 4) is 0 Å². The van der Waals surface area contributed by atoms with E-state index in [9.17, 15) is 4.79 Å². The molecular weight excluding hydrogens is 252 g/mol. The molecule has 2 aliphatic heterocycles. The molecule has 3 rings (SSSR count). The van der Waals surface area contributed by atoms with Crippen LogP contribution in [-0.4, -0.2) is 38.3 Å². The number of carbonyl (C=O) groups excluding carboxylic acids is 1. The van der Waals surface area contributed by atoms with Crippen molar-refractivity contribution < 1.29 is 9.53 Å². The van der Waals surface area contributed by atoms with Crippen LogP contribution in [0.25, 0.3) is 0 Å². The Morgan fingerprint density at radius 1 is 1.30 bits per heavy atom. The Hall–Kier alpha value is -1.39. The minimum atomic E-state index is 0.184. The van der Waals surface area contributed by atoms with Crippen molar-refractivity contribution in [1.82, 2.24) is 5.32 Å². The number of nitrogens with one attached hydrogen (secondary N) is 1. The van der Waals surface area contributed by atoms with Crippen LogP contribution < -0.4 is 10.2 Å². The first-order valence-electron chi connectivity index (χ1n) is 7.55. The summed E-state index contributed by atoms with van der Waals surface area (Å²) >= 11 is 0. The summed E-state index contributed by atoms with van der Waals surface area (Å²) in [6.45, 7) is 3.41. The van der Waals surface area contributed by atoms with Crippen LogP contribution in [-0.2, 0) is 16.0 Å². The van der Waals surface area contributed by atoms with E-state index in [1.54, 1.807) is 0 Å². The molecule has 1 aromatic carbocycles. The van der Waals surface area contributed by atoms with Gasteiger partial charge < -0.3 is 15.0 Å². The first-order chi connectivity index (χ1) is 9.84. The van der Waals surface area contributed by atoms with E-state index in [1.807, 2.05) is 23.1 Å². The Bertz CT molecular complexity index is 469. The minimum absolute atomic E-state index is 0.184. The molecule has 1 N–H and O–H groups in total. The molecule has 1 fully saturated rings. The molecule has 1 amide bonds. The fourth-order valence-electron chi connectivity index (χ4n) is 3.01. The molecule has 0 aliphatic carbocycles. The average Bonchev–Trinajstić information content (AvgIpc) is 2.92. The van der Waals surface area contributed by atoms with Crippen LogP contribution in [0.15, 0.2) is 24.3 Å². The molecule has 1 saturated heterocycles. The maximum absolute atomic E-state index is 12.3. The highest BCUT2D eigenvalue weighted by molar-refractivity contribution is 5.95. The van der Waals surface area contributed by atoms with Crippen LogP contribution in [0.3, 0.4) is 0 Å². The van der Waals surface area contributed by atoms with Gasteiger partial charge in [-0.2, -0.15) is 0 Å². The molecule has 0 atom stereocenters. The van der Waals surface area contributed by atoms with Gasteiger partial charge in [0.15, 0.2) is 0 Å². The van der Waals surface area contributed by atoms with E-state index in [1.165, 1.54) is 5.56 Å². The van der Waals surface area contributed by atoms with Crippen molar-refractivity contribution >= 4 is 11.6 Å². The topological polar surface area (TPSA) is 41.6 Å². The summed E-state index contributed by atoms with van der Waals surface area (Å²) in [7, 11) is 0. The van der Waals surface area contributed by atoms with Crippen molar-refractivity contribution in [2.24, 2.45) is 0 Å². The van der Waals surface area contributed by atoms with Gasteiger partial charge in [-0.15, -0.1) is 0 Å². The average molecular weight is 274 g/mol. The predicted octanol–water partition coefficient (Wildman–Crippen LogP) is 1.73. The fraction of sp³-hybridized carbons (Fsp3) is 0.562. The van der Waals surface area contributed by atoms with Crippen LogP contribution in [0.5, 0.6) is 0 Å². The second-order valence-electron chi connectivity index (χ2n) is 5.49. The summed E-state index contributed by atoms with van der Waals surface area (Å²) in [6.07, 6.45) is 3.89. The van der Waals surface area contributed by atoms with Gasteiger partial charge in [-0.3, -0.25) is 4.79 Å². The van der Waals surface area contributed by atoms with E-state index < -0.39 is 0 Å². The molecule has 0 aromatic heterocycles. The molecule has 4 nitrogen and oxygen atoms in total. The van der Waals surface area contributed by atoms with Crippen molar-refractivity contribution in [3.63, 3.8) is 0 Å². The molecular formula is C16H22N2O2. The van der Waals surface area contributed by atoms with E-state index in [0.717, 1.165) is 44.6 Å². The third-order valence-corrected chi connectivity index (χ3v) is 4.14. The van der Waals surface area contributed by atoms with E-state index in [2.05, 4.69) is 11.4 Å². The third-order valence-electron chi connectivity index (χ3n) is 4.14. The lowest BCUT2D eigenvalue weighted by Gasteiger charge is -2.23. The normalized spacial score (nSPS) is 19.1. The highest BCUT2D eigenvalue weighted by Crippen LogP contribution is 2.27. The number of carbonyl (C=O) groups is 1. The fourth-order valence-corrected chi connectivity index (χ4v) is 3.01. The lowest BCUT2D eigenvalue weighted by atomic mass is 10.1. The number of ether oxygens (including phenoxy) is 1. The van der Waals surface area contributed by atoms with E-state index in [-0.39, 0.29) is 5.91 Å². The quantitative estimate of drug-likeness (QED) is 0.909. The zero-order valence-corrected chi connectivity index (χ0v) is 11.8. The van der Waals surface area contributed by atoms with Crippen LogP contribution in [0.4, 0.5) is 5.69 Å². The maximum Gasteiger partial charge on any atom is 0.229 e. The zero-order chi connectivity index (χ0) is 13.8. The highest BCUT2D eigenvalue weighted by atomic mass is 16.5. The molecule has 4 heteroatoms. The summed E-state index contributed by atoms with van der Waals surface area (Å²) in [5, 5.41) is 3.31. The van der Waals surface area contributed by atoms with Gasteiger partial charge in [0, 0.05) is 12.2 Å². The molecule has 2 aliphatic rings. The molecule has 0 spiro atoms. The van der Waals surface area contributed by atoms with Crippen molar-refractivity contribution in [1.29, 1.82) is 0 Å². The minimum Gasteiger partial charge on any atom is -0.378 e. The number of anilines is 1. The number of amides is 1. The van der Waals surface area contributed by atoms with Gasteiger partial charge in [-0.1, -0.05) is 18.2 Å². The van der Waals surface area contributed by atoms with Crippen molar-refractivity contribution in [2.75, 3.05) is 31.1 Å². The number of hydrogen-bond donors (Lipinski definition) is 1. The van der Waals surface area contributed by atoms with Crippen LogP contribution in [0.2, 0.25) is 0 Å². The standard InChI is InChI=1S/C16H22N2O2/c19-16(8-12-20-14-5-9-17-10-6-14)18-11-7-13-3-1-2-4-15(13)18/h1-4,14,17H,5-12H2. The van der Waals surface area contributed by atoms with E-state index >= 15 is 0 Å². The summed E-state index contributed by atoms with van der Waals surface area (Å²) in [5.41, 5.74) is 2.36. The van der Waals surface area contributed by atoms with Gasteiger partial charge in [0.05, 0.1) is 19.1 Å². The number of benzene rings is 1. The van der Waals surface area contributed by atoms with Gasteiger partial charge in [-0.05, 0) is 44.0 Å². The second kappa shape index (κ2) is 6.37. The van der Waals surface area contributed by atoms with Crippen molar-refractivity contribution in [3.05, 3.63) is 29.8 Å². The summed E-state index contributed by atoms with van der Waals surface area (Å²) < 4.78 is 5.81. The van der Waals surface area contributed by atoms with Crippen LogP contribution in [0, 0.1) is 0 Å². The van der Waals surface area contributed by atoms with Crippen molar-refractivity contribution in [2.45, 2.75) is 31.8 Å². The molecule has 1 aromatic rings. The summed E-state index contributed by atoms with van der Waals surface area (Å²) in [6, 6.07) is 8.17. The number of hydrogen-bond acceptors (Lipinski definition) is 3. The second-order valence-corrected chi connectivity index (χ2v) is 5.49. The summed E-state index contributed by atoms with van der Waals surface area (Å²) in [5.74, 6) is 0.184. The van der Waals surface area contributed by atoms with Gasteiger partial charge in [0.1, 0.15) is 0 Å². The SMILES string of the molecule is O=C(CCOC1CCNCC1)N1CCc2ccccc21. The Morgan fingerprint density at radius 3 is 2.95 bits per heavy atom. The zero-order valence-electron chi connectivity index (χ0n) is 11.8. The monoisotopic (exact) mass is 274 g/mol. The smallest absolute Gasteiger partial charge is 0.229 e. The number of piperidine rings is 1. The van der Waals surface area contributed by atoms with Crippen LogP contribution in [0.1, 0.15) is 24.8 Å². The molecule has 108 valence electrons. The number of nitrogens with zero attached hydrogens (tertiary/aromatic N) is 1.